The van der Waals surface area contributed by atoms with Crippen LogP contribution < -0.4 is 4.74 Å². The summed E-state index contributed by atoms with van der Waals surface area (Å²) < 4.78 is 11.5. The van der Waals surface area contributed by atoms with Gasteiger partial charge in [-0.3, -0.25) is 9.59 Å². The summed E-state index contributed by atoms with van der Waals surface area (Å²) in [4.78, 5) is 31.4. The number of para-hydroxylation sites is 1. The van der Waals surface area contributed by atoms with Crippen LogP contribution in [0.4, 0.5) is 0 Å². The molecule has 1 aromatic heterocycles. The standard InChI is InChI=1S/C28H32N2O4S/c1-22-14-16-35-26(22)19-29(17-23-9-4-2-5-10-23)27(31)20-30(18-25-13-8-15-33-25)28(32)21-34-24-11-6-3-7-12-24/h2-7,9-12,14,16,25H,8,13,15,17-21H2,1H3. The zero-order chi connectivity index (χ0) is 24.5. The van der Waals surface area contributed by atoms with E-state index in [0.29, 0.717) is 32.0 Å². The molecule has 1 aliphatic rings. The van der Waals surface area contributed by atoms with Crippen LogP contribution in [0.15, 0.2) is 72.1 Å². The van der Waals surface area contributed by atoms with Crippen LogP contribution in [-0.4, -0.2) is 54.0 Å². The second-order valence-electron chi connectivity index (χ2n) is 8.77. The number of rotatable bonds is 11. The van der Waals surface area contributed by atoms with E-state index >= 15 is 0 Å². The van der Waals surface area contributed by atoms with Crippen molar-refractivity contribution in [2.75, 3.05) is 26.3 Å². The lowest BCUT2D eigenvalue weighted by atomic mass is 10.2. The summed E-state index contributed by atoms with van der Waals surface area (Å²) in [6, 6.07) is 21.3. The Morgan fingerprint density at radius 3 is 2.37 bits per heavy atom. The number of carbonyl (C=O) groups is 2. The monoisotopic (exact) mass is 492 g/mol. The zero-order valence-corrected chi connectivity index (χ0v) is 20.9. The summed E-state index contributed by atoms with van der Waals surface area (Å²) in [6.07, 6.45) is 1.81. The third-order valence-electron chi connectivity index (χ3n) is 6.10. The lowest BCUT2D eigenvalue weighted by molar-refractivity contribution is -0.143. The number of aryl methyl sites for hydroxylation is 1. The molecular formula is C28H32N2O4S. The summed E-state index contributed by atoms with van der Waals surface area (Å²) in [6.45, 7) is 4.02. The SMILES string of the molecule is Cc1ccsc1CN(Cc1ccccc1)C(=O)CN(CC1CCCO1)C(=O)COc1ccccc1. The Morgan fingerprint density at radius 1 is 0.971 bits per heavy atom. The van der Waals surface area contributed by atoms with Crippen molar-refractivity contribution in [3.05, 3.63) is 88.1 Å². The first kappa shape index (κ1) is 24.9. The summed E-state index contributed by atoms with van der Waals surface area (Å²) >= 11 is 1.65. The van der Waals surface area contributed by atoms with Gasteiger partial charge in [-0.05, 0) is 54.5 Å². The van der Waals surface area contributed by atoms with Gasteiger partial charge in [0, 0.05) is 24.6 Å². The van der Waals surface area contributed by atoms with Gasteiger partial charge in [-0.15, -0.1) is 11.3 Å². The highest BCUT2D eigenvalue weighted by Crippen LogP contribution is 2.20. The van der Waals surface area contributed by atoms with Gasteiger partial charge >= 0.3 is 0 Å². The molecule has 6 nitrogen and oxygen atoms in total. The van der Waals surface area contributed by atoms with Crippen molar-refractivity contribution in [2.45, 2.75) is 39.0 Å². The first-order chi connectivity index (χ1) is 17.1. The largest absolute Gasteiger partial charge is 0.484 e. The molecule has 3 aromatic rings. The first-order valence-electron chi connectivity index (χ1n) is 12.0. The highest BCUT2D eigenvalue weighted by atomic mass is 32.1. The van der Waals surface area contributed by atoms with Crippen molar-refractivity contribution >= 4 is 23.2 Å². The third kappa shape index (κ3) is 7.41. The van der Waals surface area contributed by atoms with Gasteiger partial charge in [0.2, 0.25) is 5.91 Å². The molecule has 7 heteroatoms. The van der Waals surface area contributed by atoms with Gasteiger partial charge in [0.25, 0.3) is 5.91 Å². The van der Waals surface area contributed by atoms with Crippen LogP contribution in [0.1, 0.15) is 28.8 Å². The van der Waals surface area contributed by atoms with Gasteiger partial charge in [0.05, 0.1) is 19.2 Å². The van der Waals surface area contributed by atoms with Crippen LogP contribution in [0.3, 0.4) is 0 Å². The molecule has 0 spiro atoms. The van der Waals surface area contributed by atoms with Gasteiger partial charge < -0.3 is 19.3 Å². The van der Waals surface area contributed by atoms with Gasteiger partial charge in [-0.2, -0.15) is 0 Å². The number of hydrogen-bond donors (Lipinski definition) is 0. The van der Waals surface area contributed by atoms with E-state index in [0.717, 1.165) is 23.3 Å². The summed E-state index contributed by atoms with van der Waals surface area (Å²) in [5.74, 6) is 0.320. The Balaban J connectivity index is 1.47. The molecule has 35 heavy (non-hydrogen) atoms. The van der Waals surface area contributed by atoms with Crippen molar-refractivity contribution in [1.29, 1.82) is 0 Å². The van der Waals surface area contributed by atoms with Crippen molar-refractivity contribution in [3.8, 4) is 5.75 Å². The molecule has 1 atom stereocenters. The minimum Gasteiger partial charge on any atom is -0.484 e. The molecular weight excluding hydrogens is 460 g/mol. The lowest BCUT2D eigenvalue weighted by Gasteiger charge is -2.29. The molecule has 1 saturated heterocycles. The van der Waals surface area contributed by atoms with Gasteiger partial charge in [0.15, 0.2) is 6.61 Å². The summed E-state index contributed by atoms with van der Waals surface area (Å²) in [5, 5.41) is 2.05. The van der Waals surface area contributed by atoms with E-state index in [1.807, 2.05) is 70.9 Å². The average Bonchev–Trinajstić information content (AvgIpc) is 3.54. The Kier molecular flexibility index (Phi) is 8.92. The second kappa shape index (κ2) is 12.5. The molecule has 0 aliphatic carbocycles. The maximum Gasteiger partial charge on any atom is 0.261 e. The van der Waals surface area contributed by atoms with E-state index in [4.69, 9.17) is 9.47 Å². The minimum absolute atomic E-state index is 0.00585. The molecule has 0 saturated carbocycles. The van der Waals surface area contributed by atoms with Crippen LogP contribution in [0, 0.1) is 6.92 Å². The highest BCUT2D eigenvalue weighted by Gasteiger charge is 2.27. The Labute approximate surface area is 211 Å². The van der Waals surface area contributed by atoms with E-state index in [9.17, 15) is 9.59 Å². The molecule has 2 heterocycles. The molecule has 184 valence electrons. The first-order valence-corrected chi connectivity index (χ1v) is 12.9. The second-order valence-corrected chi connectivity index (χ2v) is 9.77. The number of thiophene rings is 1. The zero-order valence-electron chi connectivity index (χ0n) is 20.1. The summed E-state index contributed by atoms with van der Waals surface area (Å²) in [5.41, 5.74) is 2.23. The average molecular weight is 493 g/mol. The molecule has 0 radical (unpaired) electrons. The smallest absolute Gasteiger partial charge is 0.261 e. The van der Waals surface area contributed by atoms with E-state index < -0.39 is 0 Å². The Hall–Kier alpha value is -3.16. The van der Waals surface area contributed by atoms with Crippen LogP contribution in [-0.2, 0) is 27.4 Å². The van der Waals surface area contributed by atoms with Gasteiger partial charge in [-0.1, -0.05) is 48.5 Å². The van der Waals surface area contributed by atoms with Crippen molar-refractivity contribution < 1.29 is 19.1 Å². The molecule has 1 unspecified atom stereocenters. The van der Waals surface area contributed by atoms with E-state index in [1.54, 1.807) is 16.2 Å². The maximum atomic E-state index is 13.6. The fraction of sp³-hybridized carbons (Fsp3) is 0.357. The third-order valence-corrected chi connectivity index (χ3v) is 7.11. The predicted octanol–water partition coefficient (Wildman–Crippen LogP) is 4.67. The van der Waals surface area contributed by atoms with E-state index in [2.05, 4.69) is 13.0 Å². The molecule has 0 N–H and O–H groups in total. The Bertz CT molecular complexity index is 1080. The van der Waals surface area contributed by atoms with Crippen molar-refractivity contribution in [2.24, 2.45) is 0 Å². The number of benzene rings is 2. The molecule has 1 fully saturated rings. The van der Waals surface area contributed by atoms with Crippen LogP contribution in [0.25, 0.3) is 0 Å². The fourth-order valence-electron chi connectivity index (χ4n) is 4.08. The maximum absolute atomic E-state index is 13.6. The van der Waals surface area contributed by atoms with Gasteiger partial charge in [-0.25, -0.2) is 0 Å². The highest BCUT2D eigenvalue weighted by molar-refractivity contribution is 7.10. The summed E-state index contributed by atoms with van der Waals surface area (Å²) in [7, 11) is 0. The van der Waals surface area contributed by atoms with Crippen molar-refractivity contribution in [1.82, 2.24) is 9.80 Å². The molecule has 4 rings (SSSR count). The number of ether oxygens (including phenoxy) is 2. The van der Waals surface area contributed by atoms with Crippen molar-refractivity contribution in [3.63, 3.8) is 0 Å². The van der Waals surface area contributed by atoms with E-state index in [-0.39, 0.29) is 31.1 Å². The van der Waals surface area contributed by atoms with Crippen LogP contribution in [0.2, 0.25) is 0 Å². The number of nitrogens with zero attached hydrogens (tertiary/aromatic N) is 2. The number of amides is 2. The number of carbonyl (C=O) groups excluding carboxylic acids is 2. The lowest BCUT2D eigenvalue weighted by Crippen LogP contribution is -2.46. The van der Waals surface area contributed by atoms with Gasteiger partial charge in [0.1, 0.15) is 5.75 Å². The Morgan fingerprint density at radius 2 is 1.71 bits per heavy atom. The topological polar surface area (TPSA) is 59.1 Å². The predicted molar refractivity (Wildman–Crippen MR) is 137 cm³/mol. The minimum atomic E-state index is -0.218. The molecule has 0 bridgehead atoms. The van der Waals surface area contributed by atoms with Crippen LogP contribution in [0.5, 0.6) is 5.75 Å². The van der Waals surface area contributed by atoms with Crippen LogP contribution >= 0.6 is 11.3 Å². The molecule has 1 aliphatic heterocycles. The fourth-order valence-corrected chi connectivity index (χ4v) is 5.00. The molecule has 2 amide bonds. The van der Waals surface area contributed by atoms with E-state index in [1.165, 1.54) is 5.56 Å². The normalized spacial score (nSPS) is 15.1. The molecule has 2 aromatic carbocycles. The quantitative estimate of drug-likeness (QED) is 0.390. The number of hydrogen-bond acceptors (Lipinski definition) is 5.